The van der Waals surface area contributed by atoms with E-state index >= 15 is 0 Å². The number of halogens is 3. The molecule has 0 radical (unpaired) electrons. The number of rotatable bonds is 6. The molecular weight excluding hydrogens is 463 g/mol. The van der Waals surface area contributed by atoms with Crippen LogP contribution in [0.5, 0.6) is 0 Å². The van der Waals surface area contributed by atoms with Crippen LogP contribution in [-0.4, -0.2) is 44.6 Å². The van der Waals surface area contributed by atoms with Crippen molar-refractivity contribution in [2.24, 2.45) is 7.05 Å². The molecule has 1 aliphatic heterocycles. The molecule has 0 aliphatic carbocycles. The van der Waals surface area contributed by atoms with E-state index in [2.05, 4.69) is 40.5 Å². The van der Waals surface area contributed by atoms with Gasteiger partial charge in [0.05, 0.1) is 11.1 Å². The van der Waals surface area contributed by atoms with Crippen LogP contribution in [0.4, 0.5) is 19.0 Å². The Bertz CT molecular complexity index is 1190. The number of benzene rings is 1. The summed E-state index contributed by atoms with van der Waals surface area (Å²) in [5, 5.41) is 0. The lowest BCUT2D eigenvalue weighted by atomic mass is 9.94. The summed E-state index contributed by atoms with van der Waals surface area (Å²) in [6.07, 6.45) is -1.83. The van der Waals surface area contributed by atoms with Crippen LogP contribution in [0.3, 0.4) is 0 Å². The number of piperazine rings is 1. The van der Waals surface area contributed by atoms with E-state index in [0.717, 1.165) is 41.7 Å². The first kappa shape index (κ1) is 24.7. The summed E-state index contributed by atoms with van der Waals surface area (Å²) < 4.78 is 40.7. The predicted molar refractivity (Wildman–Crippen MR) is 129 cm³/mol. The maximum absolute atomic E-state index is 13.1. The van der Waals surface area contributed by atoms with Gasteiger partial charge in [-0.15, -0.1) is 11.3 Å². The van der Waals surface area contributed by atoms with Crippen molar-refractivity contribution in [1.29, 1.82) is 0 Å². The van der Waals surface area contributed by atoms with Crippen LogP contribution < -0.4 is 10.6 Å². The van der Waals surface area contributed by atoms with E-state index in [0.29, 0.717) is 12.4 Å². The Morgan fingerprint density at radius 2 is 1.76 bits per heavy atom. The van der Waals surface area contributed by atoms with Crippen LogP contribution in [0.25, 0.3) is 10.3 Å². The Hall–Kier alpha value is -2.46. The molecule has 2 aromatic heterocycles. The van der Waals surface area contributed by atoms with Gasteiger partial charge in [0.25, 0.3) is 0 Å². The van der Waals surface area contributed by atoms with E-state index in [1.54, 1.807) is 24.7 Å². The molecule has 0 N–H and O–H groups in total. The third-order valence-corrected chi connectivity index (χ3v) is 7.82. The monoisotopic (exact) mass is 493 g/mol. The molecule has 1 saturated heterocycles. The van der Waals surface area contributed by atoms with Gasteiger partial charge >= 0.3 is 11.9 Å². The van der Waals surface area contributed by atoms with Gasteiger partial charge in [0.2, 0.25) is 0 Å². The van der Waals surface area contributed by atoms with Gasteiger partial charge in [-0.3, -0.25) is 9.47 Å². The van der Waals surface area contributed by atoms with Crippen molar-refractivity contribution in [3.05, 3.63) is 51.4 Å². The van der Waals surface area contributed by atoms with Gasteiger partial charge in [-0.2, -0.15) is 18.2 Å². The number of fused-ring (bicyclic) bond motifs is 1. The second-order valence-electron chi connectivity index (χ2n) is 8.80. The van der Waals surface area contributed by atoms with Gasteiger partial charge < -0.3 is 4.90 Å². The highest BCUT2D eigenvalue weighted by atomic mass is 32.1. The molecule has 0 saturated carbocycles. The lowest BCUT2D eigenvalue weighted by Crippen LogP contribution is -2.59. The minimum absolute atomic E-state index is 0.0133. The highest BCUT2D eigenvalue weighted by Gasteiger charge is 2.38. The van der Waals surface area contributed by atoms with E-state index < -0.39 is 11.7 Å². The Balaban J connectivity index is 1.67. The Morgan fingerprint density at radius 3 is 2.35 bits per heavy atom. The van der Waals surface area contributed by atoms with Gasteiger partial charge in [-0.05, 0) is 37.0 Å². The Labute approximate surface area is 201 Å². The summed E-state index contributed by atoms with van der Waals surface area (Å²) in [5.74, 6) is 0.631. The van der Waals surface area contributed by atoms with Crippen LogP contribution in [0.2, 0.25) is 0 Å². The quantitative estimate of drug-likeness (QED) is 0.470. The summed E-state index contributed by atoms with van der Waals surface area (Å²) in [5.41, 5.74) is 2.45. The molecule has 34 heavy (non-hydrogen) atoms. The fourth-order valence-electron chi connectivity index (χ4n) is 5.02. The Morgan fingerprint density at radius 1 is 1.09 bits per heavy atom. The van der Waals surface area contributed by atoms with Gasteiger partial charge in [-0.1, -0.05) is 32.9 Å². The average molecular weight is 494 g/mol. The Kier molecular flexibility index (Phi) is 7.00. The zero-order chi connectivity index (χ0) is 24.6. The maximum Gasteiger partial charge on any atom is 0.416 e. The van der Waals surface area contributed by atoms with Crippen molar-refractivity contribution in [2.75, 3.05) is 18.0 Å². The molecule has 3 heterocycles. The topological polar surface area (TPSA) is 54.3 Å². The number of anilines is 1. The SMILES string of the molecule is CC[C@H]1CN([C@H](CC)c2ccc(C(F)(F)F)cc2)[C@H](CC)CN1c1nc(=O)n(C)c2scnc12. The molecular formula is C24H30F3N5OS. The van der Waals surface area contributed by atoms with Crippen LogP contribution >= 0.6 is 11.3 Å². The third kappa shape index (κ3) is 4.45. The van der Waals surface area contributed by atoms with Crippen LogP contribution in [-0.2, 0) is 13.2 Å². The molecule has 4 rings (SSSR count). The second-order valence-corrected chi connectivity index (χ2v) is 9.63. The number of nitrogens with zero attached hydrogens (tertiary/aromatic N) is 5. The fourth-order valence-corrected chi connectivity index (χ4v) is 5.77. The van der Waals surface area contributed by atoms with E-state index in [1.807, 2.05) is 0 Å². The molecule has 1 fully saturated rings. The first-order chi connectivity index (χ1) is 16.2. The normalized spacial score (nSPS) is 20.7. The molecule has 0 spiro atoms. The lowest BCUT2D eigenvalue weighted by Gasteiger charge is -2.49. The molecule has 3 aromatic rings. The first-order valence-corrected chi connectivity index (χ1v) is 12.6. The summed E-state index contributed by atoms with van der Waals surface area (Å²) in [6, 6.07) is 5.85. The molecule has 0 bridgehead atoms. The minimum atomic E-state index is -4.34. The summed E-state index contributed by atoms with van der Waals surface area (Å²) in [4.78, 5) is 26.9. The first-order valence-electron chi connectivity index (χ1n) is 11.7. The van der Waals surface area contributed by atoms with Crippen molar-refractivity contribution in [3.8, 4) is 0 Å². The highest BCUT2D eigenvalue weighted by molar-refractivity contribution is 7.16. The molecule has 1 aliphatic rings. The molecule has 3 atom stereocenters. The minimum Gasteiger partial charge on any atom is -0.349 e. The highest BCUT2D eigenvalue weighted by Crippen LogP contribution is 2.36. The smallest absolute Gasteiger partial charge is 0.349 e. The average Bonchev–Trinajstić information content (AvgIpc) is 3.32. The number of hydrogen-bond acceptors (Lipinski definition) is 6. The van der Waals surface area contributed by atoms with Gasteiger partial charge in [0, 0.05) is 38.3 Å². The van der Waals surface area contributed by atoms with E-state index in [1.165, 1.54) is 28.0 Å². The molecule has 0 unspecified atom stereocenters. The summed E-state index contributed by atoms with van der Waals surface area (Å²) in [6.45, 7) is 7.72. The van der Waals surface area contributed by atoms with Crippen molar-refractivity contribution in [3.63, 3.8) is 0 Å². The van der Waals surface area contributed by atoms with Crippen LogP contribution in [0, 0.1) is 0 Å². The van der Waals surface area contributed by atoms with Crippen LogP contribution in [0.1, 0.15) is 57.2 Å². The molecule has 0 amide bonds. The zero-order valence-corrected chi connectivity index (χ0v) is 20.7. The molecule has 10 heteroatoms. The van der Waals surface area contributed by atoms with Gasteiger partial charge in [0.1, 0.15) is 10.3 Å². The van der Waals surface area contributed by atoms with Crippen LogP contribution in [0.15, 0.2) is 34.6 Å². The van der Waals surface area contributed by atoms with Crippen molar-refractivity contribution in [2.45, 2.75) is 64.3 Å². The number of aryl methyl sites for hydroxylation is 1. The predicted octanol–water partition coefficient (Wildman–Crippen LogP) is 5.24. The van der Waals surface area contributed by atoms with E-state index in [9.17, 15) is 18.0 Å². The second kappa shape index (κ2) is 9.65. The molecule has 184 valence electrons. The van der Waals surface area contributed by atoms with E-state index in [-0.39, 0.29) is 23.8 Å². The zero-order valence-electron chi connectivity index (χ0n) is 19.8. The molecule has 1 aromatic carbocycles. The van der Waals surface area contributed by atoms with Crippen molar-refractivity contribution < 1.29 is 13.2 Å². The number of hydrogen-bond donors (Lipinski definition) is 0. The van der Waals surface area contributed by atoms with Gasteiger partial charge in [0.15, 0.2) is 5.82 Å². The lowest BCUT2D eigenvalue weighted by molar-refractivity contribution is -0.137. The third-order valence-electron chi connectivity index (χ3n) is 6.92. The number of thiazole rings is 1. The van der Waals surface area contributed by atoms with Gasteiger partial charge in [-0.25, -0.2) is 9.78 Å². The number of aromatic nitrogens is 3. The molecule has 6 nitrogen and oxygen atoms in total. The van der Waals surface area contributed by atoms with Crippen molar-refractivity contribution >= 4 is 27.5 Å². The summed E-state index contributed by atoms with van der Waals surface area (Å²) in [7, 11) is 1.71. The fraction of sp³-hybridized carbons (Fsp3) is 0.542. The largest absolute Gasteiger partial charge is 0.416 e. The number of alkyl halides is 3. The van der Waals surface area contributed by atoms with E-state index in [4.69, 9.17) is 0 Å². The van der Waals surface area contributed by atoms with Crippen molar-refractivity contribution in [1.82, 2.24) is 19.4 Å². The standard InChI is InChI=1S/C24H30F3N5OS/c1-5-17-13-32(21-20-22(34-14-28-20)30(4)23(33)29-21)18(6-2)12-31(17)19(7-3)15-8-10-16(11-9-15)24(25,26)27/h8-11,14,17-19H,5-7,12-13H2,1-4H3/t17-,18+,19-/m1/s1. The maximum atomic E-state index is 13.1. The summed E-state index contributed by atoms with van der Waals surface area (Å²) >= 11 is 1.43.